The normalized spacial score (nSPS) is 10.1. The maximum atomic E-state index is 11.7. The molecular formula is C15H23N3O3SSi. The van der Waals surface area contributed by atoms with Crippen LogP contribution in [0.15, 0.2) is 24.3 Å². The molecule has 0 aliphatic carbocycles. The summed E-state index contributed by atoms with van der Waals surface area (Å²) in [4.78, 5) is 34.1. The van der Waals surface area contributed by atoms with Gasteiger partial charge in [-0.25, -0.2) is 4.79 Å². The predicted octanol–water partition coefficient (Wildman–Crippen LogP) is 1.59. The average molecular weight is 354 g/mol. The van der Waals surface area contributed by atoms with Gasteiger partial charge in [-0.15, -0.1) is 0 Å². The number of carbonyl (C=O) groups is 3. The predicted molar refractivity (Wildman–Crippen MR) is 99.2 cm³/mol. The maximum absolute atomic E-state index is 11.7. The van der Waals surface area contributed by atoms with Crippen LogP contribution in [0.2, 0.25) is 6.04 Å². The highest BCUT2D eigenvalue weighted by Gasteiger charge is 2.05. The van der Waals surface area contributed by atoms with Crippen molar-refractivity contribution in [3.63, 3.8) is 0 Å². The maximum Gasteiger partial charge on any atom is 0.319 e. The van der Waals surface area contributed by atoms with Crippen LogP contribution in [0, 0.1) is 0 Å². The summed E-state index contributed by atoms with van der Waals surface area (Å²) in [5, 5.41) is 8.28. The molecule has 126 valence electrons. The second kappa shape index (κ2) is 10.8. The van der Waals surface area contributed by atoms with Crippen LogP contribution in [0.4, 0.5) is 16.2 Å². The number of nitrogens with one attached hydrogen (secondary N) is 3. The molecular weight excluding hydrogens is 330 g/mol. The van der Waals surface area contributed by atoms with E-state index in [1.807, 2.05) is 0 Å². The largest absolute Gasteiger partial charge is 0.338 e. The summed E-state index contributed by atoms with van der Waals surface area (Å²) in [6, 6.07) is 7.85. The van der Waals surface area contributed by atoms with Crippen LogP contribution in [0.3, 0.4) is 0 Å². The van der Waals surface area contributed by atoms with Gasteiger partial charge < -0.3 is 16.0 Å². The van der Waals surface area contributed by atoms with Gasteiger partial charge >= 0.3 is 6.03 Å². The van der Waals surface area contributed by atoms with E-state index in [1.165, 1.54) is 13.0 Å². The first-order valence-electron chi connectivity index (χ1n) is 7.59. The molecule has 0 bridgehead atoms. The van der Waals surface area contributed by atoms with E-state index in [4.69, 9.17) is 0 Å². The van der Waals surface area contributed by atoms with Crippen LogP contribution < -0.4 is 16.0 Å². The second-order valence-corrected chi connectivity index (χ2v) is 7.22. The molecule has 23 heavy (non-hydrogen) atoms. The van der Waals surface area contributed by atoms with Crippen molar-refractivity contribution in [3.05, 3.63) is 24.3 Å². The Bertz CT molecular complexity index is 537. The lowest BCUT2D eigenvalue weighted by Gasteiger charge is -2.09. The Labute approximate surface area is 143 Å². The van der Waals surface area contributed by atoms with Gasteiger partial charge in [-0.05, 0) is 30.7 Å². The highest BCUT2D eigenvalue weighted by molar-refractivity contribution is 8.13. The Morgan fingerprint density at radius 1 is 1.09 bits per heavy atom. The molecule has 1 aromatic rings. The fourth-order valence-corrected chi connectivity index (χ4v) is 2.63. The zero-order valence-electron chi connectivity index (χ0n) is 13.5. The molecule has 0 atom stereocenters. The molecule has 0 heterocycles. The second-order valence-electron chi connectivity index (χ2n) is 4.95. The molecule has 1 rings (SSSR count). The van der Waals surface area contributed by atoms with Gasteiger partial charge in [0.2, 0.25) is 5.91 Å². The molecule has 8 heteroatoms. The van der Waals surface area contributed by atoms with Gasteiger partial charge in [0.15, 0.2) is 5.12 Å². The number of carbonyl (C=O) groups excluding carboxylic acids is 3. The lowest BCUT2D eigenvalue weighted by atomic mass is 10.2. The molecule has 0 aliphatic rings. The number of hydrogen-bond acceptors (Lipinski definition) is 4. The SMILES string of the molecule is CC(=O)SCCC(=O)Nc1ccc(NC(=O)NCCC[SiH3])cc1. The Hall–Kier alpha value is -1.80. The number of thioether (sulfide) groups is 1. The van der Waals surface area contributed by atoms with Crippen LogP contribution >= 0.6 is 11.8 Å². The third-order valence-corrected chi connectivity index (χ3v) is 4.40. The van der Waals surface area contributed by atoms with Crippen LogP contribution in [0.1, 0.15) is 19.8 Å². The van der Waals surface area contributed by atoms with E-state index < -0.39 is 0 Å². The lowest BCUT2D eigenvalue weighted by Crippen LogP contribution is -2.29. The van der Waals surface area contributed by atoms with Crippen LogP contribution in [0.25, 0.3) is 0 Å². The third kappa shape index (κ3) is 9.04. The summed E-state index contributed by atoms with van der Waals surface area (Å²) >= 11 is 1.14. The standard InChI is InChI=1S/C15H23N3O3SSi/c1-11(19)22-9-7-14(20)17-12-3-5-13(6-4-12)18-15(21)16-8-2-10-23/h3-6H,2,7-10H2,1,23H3,(H,17,20)(H2,16,18,21). The van der Waals surface area contributed by atoms with E-state index in [0.29, 0.717) is 23.7 Å². The molecule has 0 aromatic heterocycles. The van der Waals surface area contributed by atoms with Crippen LogP contribution in [-0.4, -0.2) is 39.6 Å². The monoisotopic (exact) mass is 353 g/mol. The van der Waals surface area contributed by atoms with E-state index in [1.54, 1.807) is 24.3 Å². The summed E-state index contributed by atoms with van der Waals surface area (Å²) in [5.74, 6) is 0.335. The Balaban J connectivity index is 2.36. The van der Waals surface area contributed by atoms with Crippen molar-refractivity contribution in [1.82, 2.24) is 5.32 Å². The van der Waals surface area contributed by atoms with Gasteiger partial charge in [0.25, 0.3) is 0 Å². The first-order valence-corrected chi connectivity index (χ1v) is 9.99. The fourth-order valence-electron chi connectivity index (χ4n) is 1.70. The molecule has 1 aromatic carbocycles. The van der Waals surface area contributed by atoms with Crippen molar-refractivity contribution >= 4 is 50.4 Å². The van der Waals surface area contributed by atoms with Gasteiger partial charge in [-0.2, -0.15) is 0 Å². The zero-order valence-corrected chi connectivity index (χ0v) is 16.3. The molecule has 3 N–H and O–H groups in total. The number of anilines is 2. The number of hydrogen-bond donors (Lipinski definition) is 3. The highest BCUT2D eigenvalue weighted by atomic mass is 32.2. The minimum absolute atomic E-state index is 0.00696. The van der Waals surface area contributed by atoms with E-state index in [-0.39, 0.29) is 23.5 Å². The van der Waals surface area contributed by atoms with Crippen molar-refractivity contribution in [1.29, 1.82) is 0 Å². The van der Waals surface area contributed by atoms with Gasteiger partial charge in [-0.3, -0.25) is 9.59 Å². The van der Waals surface area contributed by atoms with Crippen molar-refractivity contribution in [2.45, 2.75) is 25.8 Å². The molecule has 0 spiro atoms. The van der Waals surface area contributed by atoms with Crippen LogP contribution in [-0.2, 0) is 9.59 Å². The summed E-state index contributed by atoms with van der Waals surface area (Å²) in [5.41, 5.74) is 1.32. The van der Waals surface area contributed by atoms with Crippen molar-refractivity contribution in [2.75, 3.05) is 22.9 Å². The van der Waals surface area contributed by atoms with Crippen molar-refractivity contribution in [2.24, 2.45) is 0 Å². The molecule has 6 nitrogen and oxygen atoms in total. The molecule has 0 unspecified atom stereocenters. The average Bonchev–Trinajstić information content (AvgIpc) is 2.49. The van der Waals surface area contributed by atoms with Gasteiger partial charge in [0.05, 0.1) is 0 Å². The molecule has 3 amide bonds. The number of rotatable bonds is 8. The zero-order chi connectivity index (χ0) is 17.1. The topological polar surface area (TPSA) is 87.3 Å². The number of urea groups is 1. The fraction of sp³-hybridized carbons (Fsp3) is 0.400. The molecule has 0 saturated carbocycles. The van der Waals surface area contributed by atoms with E-state index >= 15 is 0 Å². The molecule has 0 saturated heterocycles. The Morgan fingerprint density at radius 3 is 2.26 bits per heavy atom. The smallest absolute Gasteiger partial charge is 0.319 e. The Kier molecular flexibility index (Phi) is 9.07. The minimum Gasteiger partial charge on any atom is -0.338 e. The van der Waals surface area contributed by atoms with Gasteiger partial charge in [-0.1, -0.05) is 17.8 Å². The van der Waals surface area contributed by atoms with E-state index in [0.717, 1.165) is 28.4 Å². The third-order valence-electron chi connectivity index (χ3n) is 2.88. The Morgan fingerprint density at radius 2 is 1.70 bits per heavy atom. The number of benzene rings is 1. The summed E-state index contributed by atoms with van der Waals surface area (Å²) in [7, 11) is 1.15. The first kappa shape index (κ1) is 19.2. The van der Waals surface area contributed by atoms with Gasteiger partial charge in [0, 0.05) is 47.3 Å². The first-order chi connectivity index (χ1) is 11.0. The van der Waals surface area contributed by atoms with Crippen molar-refractivity contribution < 1.29 is 14.4 Å². The molecule has 0 radical (unpaired) electrons. The summed E-state index contributed by atoms with van der Waals surface area (Å²) in [6.07, 6.45) is 1.29. The number of amides is 3. The summed E-state index contributed by atoms with van der Waals surface area (Å²) < 4.78 is 0. The van der Waals surface area contributed by atoms with E-state index in [2.05, 4.69) is 16.0 Å². The molecule has 0 fully saturated rings. The van der Waals surface area contributed by atoms with Gasteiger partial charge in [0.1, 0.15) is 0 Å². The van der Waals surface area contributed by atoms with Crippen LogP contribution in [0.5, 0.6) is 0 Å². The summed E-state index contributed by atoms with van der Waals surface area (Å²) in [6.45, 7) is 2.16. The minimum atomic E-state index is -0.224. The van der Waals surface area contributed by atoms with E-state index in [9.17, 15) is 14.4 Å². The quantitative estimate of drug-likeness (QED) is 0.489. The lowest BCUT2D eigenvalue weighted by molar-refractivity contribution is -0.115. The van der Waals surface area contributed by atoms with Crippen molar-refractivity contribution in [3.8, 4) is 0 Å². The molecule has 0 aliphatic heterocycles. The highest BCUT2D eigenvalue weighted by Crippen LogP contribution is 2.14.